The van der Waals surface area contributed by atoms with Gasteiger partial charge in [0.05, 0.1) is 18.8 Å². The van der Waals surface area contributed by atoms with Gasteiger partial charge in [-0.1, -0.05) is 398 Å². The van der Waals surface area contributed by atoms with E-state index in [1.807, 2.05) is 6.08 Å². The summed E-state index contributed by atoms with van der Waals surface area (Å²) in [6.07, 6.45) is 92.9. The monoisotopic (exact) mass is 1070 g/mol. The average molecular weight is 1070 g/mol. The van der Waals surface area contributed by atoms with Crippen LogP contribution >= 0.6 is 0 Å². The molecule has 0 aliphatic heterocycles. The van der Waals surface area contributed by atoms with E-state index in [9.17, 15) is 15.0 Å². The van der Waals surface area contributed by atoms with E-state index < -0.39 is 12.1 Å². The Morgan fingerprint density at radius 2 is 0.513 bits per heavy atom. The number of nitrogens with one attached hydrogen (secondary N) is 1. The van der Waals surface area contributed by atoms with Crippen molar-refractivity contribution in [1.29, 1.82) is 0 Å². The number of aliphatic hydroxyl groups excluding tert-OH is 2. The lowest BCUT2D eigenvalue weighted by atomic mass is 10.0. The molecule has 0 aromatic rings. The summed E-state index contributed by atoms with van der Waals surface area (Å²) in [6.45, 7) is 4.36. The molecule has 76 heavy (non-hydrogen) atoms. The Morgan fingerprint density at radius 3 is 0.763 bits per heavy atom. The second kappa shape index (κ2) is 68.1. The number of aliphatic hydroxyl groups is 2. The van der Waals surface area contributed by atoms with E-state index in [0.29, 0.717) is 6.42 Å². The van der Waals surface area contributed by atoms with Crippen LogP contribution in [-0.4, -0.2) is 34.9 Å². The Bertz CT molecular complexity index is 1120. The molecule has 0 fully saturated rings. The maximum Gasteiger partial charge on any atom is 0.220 e. The molecule has 0 aromatic heterocycles. The topological polar surface area (TPSA) is 69.6 Å². The third-order valence-electron chi connectivity index (χ3n) is 16.9. The fraction of sp³-hybridized carbons (Fsp3) is 0.931. The summed E-state index contributed by atoms with van der Waals surface area (Å²) in [5, 5.41) is 23.3. The lowest BCUT2D eigenvalue weighted by molar-refractivity contribution is -0.123. The molecule has 4 heteroatoms. The van der Waals surface area contributed by atoms with Crippen molar-refractivity contribution in [2.75, 3.05) is 6.61 Å². The van der Waals surface area contributed by atoms with Gasteiger partial charge in [0.2, 0.25) is 5.91 Å². The minimum absolute atomic E-state index is 0.0639. The smallest absolute Gasteiger partial charge is 0.220 e. The van der Waals surface area contributed by atoms with Crippen LogP contribution < -0.4 is 5.32 Å². The molecular formula is C72H141NO3. The van der Waals surface area contributed by atoms with Gasteiger partial charge in [0.1, 0.15) is 0 Å². The molecule has 0 radical (unpaired) electrons. The first-order valence-corrected chi connectivity index (χ1v) is 35.6. The predicted molar refractivity (Wildman–Crippen MR) is 341 cm³/mol. The Balaban J connectivity index is 3.42. The summed E-state index contributed by atoms with van der Waals surface area (Å²) in [6, 6.07) is -0.638. The highest BCUT2D eigenvalue weighted by Gasteiger charge is 2.18. The maximum atomic E-state index is 12.5. The molecule has 0 aromatic carbocycles. The lowest BCUT2D eigenvalue weighted by Crippen LogP contribution is -2.45. The first kappa shape index (κ1) is 74.9. The molecule has 0 saturated heterocycles. The number of carbonyl (C=O) groups is 1. The molecule has 1 amide bonds. The Hall–Kier alpha value is -1.13. The third-order valence-corrected chi connectivity index (χ3v) is 16.9. The van der Waals surface area contributed by atoms with E-state index in [4.69, 9.17) is 0 Å². The highest BCUT2D eigenvalue weighted by molar-refractivity contribution is 5.76. The van der Waals surface area contributed by atoms with Gasteiger partial charge >= 0.3 is 0 Å². The van der Waals surface area contributed by atoms with Gasteiger partial charge in [-0.2, -0.15) is 0 Å². The van der Waals surface area contributed by atoms with Crippen LogP contribution in [0.15, 0.2) is 24.3 Å². The van der Waals surface area contributed by atoms with Crippen LogP contribution in [0.2, 0.25) is 0 Å². The number of rotatable bonds is 67. The second-order valence-corrected chi connectivity index (χ2v) is 24.7. The lowest BCUT2D eigenvalue weighted by Gasteiger charge is -2.19. The van der Waals surface area contributed by atoms with Crippen LogP contribution in [0.25, 0.3) is 0 Å². The Kier molecular flexibility index (Phi) is 67.1. The Morgan fingerprint density at radius 1 is 0.303 bits per heavy atom. The highest BCUT2D eigenvalue weighted by Crippen LogP contribution is 2.20. The molecule has 0 bridgehead atoms. The first-order chi connectivity index (χ1) is 37.7. The number of unbranched alkanes of at least 4 members (excludes halogenated alkanes) is 58. The van der Waals surface area contributed by atoms with Crippen molar-refractivity contribution in [3.8, 4) is 0 Å². The van der Waals surface area contributed by atoms with Gasteiger partial charge in [-0.3, -0.25) is 4.79 Å². The minimum Gasteiger partial charge on any atom is -0.394 e. The normalized spacial score (nSPS) is 12.7. The molecule has 0 rings (SSSR count). The molecule has 0 spiro atoms. The number of hydrogen-bond donors (Lipinski definition) is 3. The van der Waals surface area contributed by atoms with Gasteiger partial charge in [-0.15, -0.1) is 0 Å². The van der Waals surface area contributed by atoms with Crippen molar-refractivity contribution in [3.63, 3.8) is 0 Å². The van der Waals surface area contributed by atoms with E-state index in [0.717, 1.165) is 32.1 Å². The van der Waals surface area contributed by atoms with Gasteiger partial charge in [-0.25, -0.2) is 0 Å². The van der Waals surface area contributed by atoms with Crippen molar-refractivity contribution < 1.29 is 15.0 Å². The summed E-state index contributed by atoms with van der Waals surface area (Å²) in [7, 11) is 0. The van der Waals surface area contributed by atoms with E-state index in [1.54, 1.807) is 6.08 Å². The van der Waals surface area contributed by atoms with Gasteiger partial charge in [-0.05, 0) is 32.1 Å². The molecule has 4 nitrogen and oxygen atoms in total. The summed E-state index contributed by atoms with van der Waals surface area (Å²) >= 11 is 0. The molecule has 452 valence electrons. The number of allylic oxidation sites excluding steroid dienone is 3. The van der Waals surface area contributed by atoms with Crippen LogP contribution in [0.1, 0.15) is 412 Å². The van der Waals surface area contributed by atoms with Crippen molar-refractivity contribution in [3.05, 3.63) is 24.3 Å². The first-order valence-electron chi connectivity index (χ1n) is 35.6. The fourth-order valence-electron chi connectivity index (χ4n) is 11.6. The van der Waals surface area contributed by atoms with Crippen LogP contribution in [-0.2, 0) is 4.79 Å². The van der Waals surface area contributed by atoms with Crippen molar-refractivity contribution >= 4 is 5.91 Å². The van der Waals surface area contributed by atoms with Crippen LogP contribution in [0.4, 0.5) is 0 Å². The van der Waals surface area contributed by atoms with Gasteiger partial charge in [0, 0.05) is 6.42 Å². The van der Waals surface area contributed by atoms with Gasteiger partial charge in [0.25, 0.3) is 0 Å². The van der Waals surface area contributed by atoms with Crippen LogP contribution in [0.3, 0.4) is 0 Å². The maximum absolute atomic E-state index is 12.5. The molecule has 2 unspecified atom stereocenters. The predicted octanol–water partition coefficient (Wildman–Crippen LogP) is 24.2. The minimum atomic E-state index is -0.861. The van der Waals surface area contributed by atoms with E-state index >= 15 is 0 Å². The van der Waals surface area contributed by atoms with Crippen molar-refractivity contribution in [2.45, 2.75) is 424 Å². The van der Waals surface area contributed by atoms with Gasteiger partial charge in [0.15, 0.2) is 0 Å². The summed E-state index contributed by atoms with van der Waals surface area (Å²) < 4.78 is 0. The quantitative estimate of drug-likeness (QED) is 0.0420. The second-order valence-electron chi connectivity index (χ2n) is 24.7. The zero-order valence-corrected chi connectivity index (χ0v) is 52.3. The standard InChI is InChI=1S/C72H141NO3/c1-3-5-7-9-11-13-15-17-19-21-23-25-27-29-31-33-35-36-38-39-41-43-45-47-49-51-53-55-57-59-61-63-65-67-71(75)70(69-74)73-72(76)68-66-64-62-60-58-56-54-52-50-48-46-44-42-40-37-34-32-30-28-26-24-22-20-18-16-14-12-10-8-6-4-2/h57,59,65,67,70-71,74-75H,3-56,58,60-64,66,68-69H2,1-2H3,(H,73,76)/b59-57+,67-65+. The Labute approximate surface area is 479 Å². The molecule has 2 atom stereocenters. The van der Waals surface area contributed by atoms with E-state index in [2.05, 4.69) is 31.3 Å². The van der Waals surface area contributed by atoms with Crippen molar-refractivity contribution in [2.24, 2.45) is 0 Å². The van der Waals surface area contributed by atoms with Crippen molar-refractivity contribution in [1.82, 2.24) is 5.32 Å². The summed E-state index contributed by atoms with van der Waals surface area (Å²) in [5.41, 5.74) is 0. The molecule has 3 N–H and O–H groups in total. The van der Waals surface area contributed by atoms with E-state index in [1.165, 1.54) is 360 Å². The molecular weight excluding hydrogens is 927 g/mol. The number of carbonyl (C=O) groups excluding carboxylic acids is 1. The molecule has 0 heterocycles. The zero-order chi connectivity index (χ0) is 54.8. The van der Waals surface area contributed by atoms with Gasteiger partial charge < -0.3 is 15.5 Å². The molecule has 0 saturated carbocycles. The third kappa shape index (κ3) is 63.7. The van der Waals surface area contributed by atoms with Crippen LogP contribution in [0.5, 0.6) is 0 Å². The highest BCUT2D eigenvalue weighted by atomic mass is 16.3. The zero-order valence-electron chi connectivity index (χ0n) is 52.3. The van der Waals surface area contributed by atoms with E-state index in [-0.39, 0.29) is 12.5 Å². The molecule has 0 aliphatic carbocycles. The summed E-state index contributed by atoms with van der Waals surface area (Å²) in [5.74, 6) is -0.0639. The number of amides is 1. The van der Waals surface area contributed by atoms with Crippen LogP contribution in [0, 0.1) is 0 Å². The summed E-state index contributed by atoms with van der Waals surface area (Å²) in [4.78, 5) is 12.5. The fourth-order valence-corrected chi connectivity index (χ4v) is 11.6. The largest absolute Gasteiger partial charge is 0.394 e. The molecule has 0 aliphatic rings. The average Bonchev–Trinajstić information content (AvgIpc) is 3.42. The number of hydrogen-bond acceptors (Lipinski definition) is 3. The SMILES string of the molecule is CCCCCCCCCCCCCCCCCCCCCCCCCCCCC/C=C/CC/C=C/C(O)C(CO)NC(=O)CCCCCCCCCCCCCCCCCCCCCCCCCCCCCCCCC.